The van der Waals surface area contributed by atoms with Crippen LogP contribution in [-0.4, -0.2) is 5.97 Å². The number of halogens is 2. The van der Waals surface area contributed by atoms with E-state index in [1.807, 2.05) is 19.9 Å². The molecule has 0 aliphatic heterocycles. The smallest absolute Gasteiger partial charge is 0.310 e. The van der Waals surface area contributed by atoms with Crippen molar-refractivity contribution in [1.29, 1.82) is 0 Å². The number of benzene rings is 1. The van der Waals surface area contributed by atoms with Crippen LogP contribution in [0.2, 0.25) is 10.0 Å². The number of carbonyl (C=O) groups excluding carboxylic acids is 1. The summed E-state index contributed by atoms with van der Waals surface area (Å²) in [6, 6.07) is 5.25. The minimum Gasteiger partial charge on any atom is -0.461 e. The van der Waals surface area contributed by atoms with E-state index in [0.29, 0.717) is 10.0 Å². The second-order valence-corrected chi connectivity index (χ2v) is 7.24. The second-order valence-electron chi connectivity index (χ2n) is 6.43. The van der Waals surface area contributed by atoms with E-state index in [9.17, 15) is 4.79 Å². The molecule has 0 spiro atoms. The fourth-order valence-electron chi connectivity index (χ4n) is 2.67. The van der Waals surface area contributed by atoms with Crippen LogP contribution >= 0.6 is 23.2 Å². The maximum atomic E-state index is 12.2. The van der Waals surface area contributed by atoms with Gasteiger partial charge in [-0.3, -0.25) is 4.79 Å². The van der Waals surface area contributed by atoms with Crippen LogP contribution < -0.4 is 0 Å². The third-order valence-electron chi connectivity index (χ3n) is 4.04. The molecular weight excluding hydrogens is 307 g/mol. The molecule has 0 radical (unpaired) electrons. The summed E-state index contributed by atoms with van der Waals surface area (Å²) in [5, 5.41) is 0.970. The van der Waals surface area contributed by atoms with E-state index in [1.54, 1.807) is 12.1 Å². The highest BCUT2D eigenvalue weighted by molar-refractivity contribution is 6.42. The van der Waals surface area contributed by atoms with E-state index in [1.165, 1.54) is 5.57 Å². The van der Waals surface area contributed by atoms with Crippen LogP contribution in [0.25, 0.3) is 0 Å². The molecule has 1 aromatic rings. The van der Waals surface area contributed by atoms with E-state index in [-0.39, 0.29) is 29.8 Å². The molecule has 1 aliphatic carbocycles. The van der Waals surface area contributed by atoms with Gasteiger partial charge in [0, 0.05) is 0 Å². The fraction of sp³-hybridized carbons (Fsp3) is 0.471. The molecular formula is C17H20Cl2O2. The van der Waals surface area contributed by atoms with Crippen LogP contribution in [0.5, 0.6) is 0 Å². The average molecular weight is 327 g/mol. The van der Waals surface area contributed by atoms with Gasteiger partial charge in [-0.05, 0) is 42.9 Å². The van der Waals surface area contributed by atoms with Crippen LogP contribution in [0.4, 0.5) is 0 Å². The topological polar surface area (TPSA) is 26.3 Å². The van der Waals surface area contributed by atoms with Crippen molar-refractivity contribution >= 4 is 29.2 Å². The largest absolute Gasteiger partial charge is 0.461 e. The zero-order valence-electron chi connectivity index (χ0n) is 12.7. The second kappa shape index (κ2) is 6.02. The van der Waals surface area contributed by atoms with Gasteiger partial charge in [-0.2, -0.15) is 0 Å². The van der Waals surface area contributed by atoms with Crippen molar-refractivity contribution in [3.05, 3.63) is 45.5 Å². The summed E-state index contributed by atoms with van der Waals surface area (Å²) in [6.07, 6.45) is 2.16. The number of carbonyl (C=O) groups is 1. The van der Waals surface area contributed by atoms with Crippen LogP contribution in [0.15, 0.2) is 29.8 Å². The number of rotatable bonds is 4. The van der Waals surface area contributed by atoms with Gasteiger partial charge in [-0.1, -0.05) is 54.8 Å². The summed E-state index contributed by atoms with van der Waals surface area (Å²) in [7, 11) is 0. The van der Waals surface area contributed by atoms with E-state index < -0.39 is 0 Å². The highest BCUT2D eigenvalue weighted by Gasteiger charge is 2.61. The van der Waals surface area contributed by atoms with Gasteiger partial charge in [-0.15, -0.1) is 0 Å². The molecule has 0 amide bonds. The first kappa shape index (κ1) is 16.4. The molecule has 1 fully saturated rings. The molecule has 0 unspecified atom stereocenters. The Morgan fingerprint density at radius 3 is 2.52 bits per heavy atom. The van der Waals surface area contributed by atoms with Gasteiger partial charge >= 0.3 is 5.97 Å². The van der Waals surface area contributed by atoms with Crippen molar-refractivity contribution in [1.82, 2.24) is 0 Å². The van der Waals surface area contributed by atoms with Crippen molar-refractivity contribution in [3.8, 4) is 0 Å². The van der Waals surface area contributed by atoms with Crippen molar-refractivity contribution in [2.45, 2.75) is 34.3 Å². The van der Waals surface area contributed by atoms with Crippen LogP contribution in [0.1, 0.15) is 33.3 Å². The third-order valence-corrected chi connectivity index (χ3v) is 4.78. The molecule has 2 rings (SSSR count). The number of hydrogen-bond donors (Lipinski definition) is 0. The normalized spacial score (nSPS) is 22.6. The van der Waals surface area contributed by atoms with Gasteiger partial charge in [0.15, 0.2) is 0 Å². The van der Waals surface area contributed by atoms with Crippen molar-refractivity contribution in [3.63, 3.8) is 0 Å². The minimum absolute atomic E-state index is 0.0218. The molecule has 21 heavy (non-hydrogen) atoms. The molecule has 114 valence electrons. The van der Waals surface area contributed by atoms with Gasteiger partial charge in [0.1, 0.15) is 6.61 Å². The highest BCUT2D eigenvalue weighted by atomic mass is 35.5. The standard InChI is InChI=1S/C17H20Cl2O2/c1-10(2)7-12-15(17(12,3)4)16(20)21-9-11-5-6-13(18)14(19)8-11/h5-8,12,15H,9H2,1-4H3/t12-,15+/m1/s1. The van der Waals surface area contributed by atoms with Crippen LogP contribution in [0, 0.1) is 17.3 Å². The third kappa shape index (κ3) is 3.61. The maximum Gasteiger partial charge on any atom is 0.310 e. The zero-order valence-corrected chi connectivity index (χ0v) is 14.3. The predicted octanol–water partition coefficient (Wildman–Crippen LogP) is 5.28. The Bertz CT molecular complexity index is 586. The number of allylic oxidation sites excluding steroid dienone is 2. The van der Waals surface area contributed by atoms with E-state index in [0.717, 1.165) is 5.56 Å². The summed E-state index contributed by atoms with van der Waals surface area (Å²) in [4.78, 5) is 12.2. The lowest BCUT2D eigenvalue weighted by molar-refractivity contribution is -0.147. The molecule has 4 heteroatoms. The van der Waals surface area contributed by atoms with Gasteiger partial charge in [0.2, 0.25) is 0 Å². The van der Waals surface area contributed by atoms with Crippen molar-refractivity contribution in [2.75, 3.05) is 0 Å². The van der Waals surface area contributed by atoms with Crippen LogP contribution in [-0.2, 0) is 16.1 Å². The van der Waals surface area contributed by atoms with Gasteiger partial charge in [-0.25, -0.2) is 0 Å². The molecule has 0 heterocycles. The van der Waals surface area contributed by atoms with E-state index in [4.69, 9.17) is 27.9 Å². The quantitative estimate of drug-likeness (QED) is 0.556. The van der Waals surface area contributed by atoms with E-state index >= 15 is 0 Å². The number of hydrogen-bond acceptors (Lipinski definition) is 2. The van der Waals surface area contributed by atoms with Crippen molar-refractivity contribution in [2.24, 2.45) is 17.3 Å². The Hall–Kier alpha value is -0.990. The summed E-state index contributed by atoms with van der Waals surface area (Å²) in [6.45, 7) is 8.52. The van der Waals surface area contributed by atoms with Gasteiger partial charge in [0.05, 0.1) is 16.0 Å². The molecule has 0 bridgehead atoms. The Kier molecular flexibility index (Phi) is 4.69. The zero-order chi connectivity index (χ0) is 15.8. The van der Waals surface area contributed by atoms with E-state index in [2.05, 4.69) is 19.9 Å². The molecule has 2 atom stereocenters. The van der Waals surface area contributed by atoms with Crippen LogP contribution in [0.3, 0.4) is 0 Å². The monoisotopic (exact) mass is 326 g/mol. The minimum atomic E-state index is -0.145. The lowest BCUT2D eigenvalue weighted by Crippen LogP contribution is -2.10. The summed E-state index contributed by atoms with van der Waals surface area (Å²) in [5.74, 6) is 0.0625. The fourth-order valence-corrected chi connectivity index (χ4v) is 2.99. The van der Waals surface area contributed by atoms with Gasteiger partial charge in [0.25, 0.3) is 0 Å². The van der Waals surface area contributed by atoms with Gasteiger partial charge < -0.3 is 4.74 Å². The SMILES string of the molecule is CC(C)=C[C@@H]1[C@@H](C(=O)OCc2ccc(Cl)c(Cl)c2)C1(C)C. The highest BCUT2D eigenvalue weighted by Crippen LogP contribution is 2.59. The molecule has 0 N–H and O–H groups in total. The maximum absolute atomic E-state index is 12.2. The molecule has 0 saturated heterocycles. The number of ether oxygens (including phenoxy) is 1. The predicted molar refractivity (Wildman–Crippen MR) is 86.5 cm³/mol. The first-order chi connectivity index (χ1) is 9.73. The summed E-state index contributed by atoms with van der Waals surface area (Å²) >= 11 is 11.8. The lowest BCUT2D eigenvalue weighted by Gasteiger charge is -2.06. The average Bonchev–Trinajstić information content (AvgIpc) is 2.91. The molecule has 0 aromatic heterocycles. The number of esters is 1. The summed E-state index contributed by atoms with van der Waals surface area (Å²) in [5.41, 5.74) is 2.05. The Labute approximate surface area is 136 Å². The first-order valence-electron chi connectivity index (χ1n) is 6.99. The molecule has 1 aromatic carbocycles. The Balaban J connectivity index is 1.97. The first-order valence-corrected chi connectivity index (χ1v) is 7.74. The lowest BCUT2D eigenvalue weighted by atomic mass is 10.1. The molecule has 1 saturated carbocycles. The Morgan fingerprint density at radius 1 is 1.29 bits per heavy atom. The summed E-state index contributed by atoms with van der Waals surface area (Å²) < 4.78 is 5.42. The molecule has 1 aliphatic rings. The molecule has 2 nitrogen and oxygen atoms in total. The Morgan fingerprint density at radius 2 is 1.95 bits per heavy atom. The van der Waals surface area contributed by atoms with Crippen molar-refractivity contribution < 1.29 is 9.53 Å².